The molecule has 1 saturated heterocycles. The Bertz CT molecular complexity index is 313. The van der Waals surface area contributed by atoms with Crippen LogP contribution >= 0.6 is 11.3 Å². The van der Waals surface area contributed by atoms with E-state index in [0.717, 1.165) is 0 Å². The van der Waals surface area contributed by atoms with E-state index in [1.807, 2.05) is 0 Å². The molecule has 1 aliphatic rings. The van der Waals surface area contributed by atoms with Gasteiger partial charge in [-0.1, -0.05) is 0 Å². The average molecular weight is 198 g/mol. The Hall–Kier alpha value is -0.940. The predicted octanol–water partition coefficient (Wildman–Crippen LogP) is 0.350. The largest absolute Gasteiger partial charge is 0.386 e. The molecule has 0 bridgehead atoms. The number of thiazole rings is 1. The second kappa shape index (κ2) is 2.78. The van der Waals surface area contributed by atoms with E-state index in [0.29, 0.717) is 18.0 Å². The monoisotopic (exact) mass is 198 g/mol. The summed E-state index contributed by atoms with van der Waals surface area (Å²) in [4.78, 5) is 17.6. The third-order valence-electron chi connectivity index (χ3n) is 1.99. The summed E-state index contributed by atoms with van der Waals surface area (Å²) in [6.45, 7) is 2.57. The summed E-state index contributed by atoms with van der Waals surface area (Å²) in [5.74, 6) is -0.0333. The lowest BCUT2D eigenvalue weighted by Crippen LogP contribution is -2.61. The highest BCUT2D eigenvalue weighted by Crippen LogP contribution is 2.22. The van der Waals surface area contributed by atoms with Crippen LogP contribution in [0, 0.1) is 0 Å². The lowest BCUT2D eigenvalue weighted by atomic mass is 9.97. The summed E-state index contributed by atoms with van der Waals surface area (Å²) in [6.07, 6.45) is 1.56. The minimum Gasteiger partial charge on any atom is -0.386 e. The van der Waals surface area contributed by atoms with Crippen LogP contribution in [0.15, 0.2) is 11.7 Å². The van der Waals surface area contributed by atoms with Crippen molar-refractivity contribution in [3.8, 4) is 0 Å². The summed E-state index contributed by atoms with van der Waals surface area (Å²) in [5, 5.41) is 9.42. The molecule has 1 amide bonds. The maximum absolute atomic E-state index is 11.6. The number of β-amino-alcohol motifs (C(OH)–C–C–N with tert-alkyl or cyclic N) is 1. The van der Waals surface area contributed by atoms with Crippen molar-refractivity contribution in [2.75, 3.05) is 13.1 Å². The summed E-state index contributed by atoms with van der Waals surface area (Å²) in [7, 11) is 0. The molecule has 2 rings (SSSR count). The first kappa shape index (κ1) is 8.65. The second-order valence-electron chi connectivity index (χ2n) is 3.52. The maximum atomic E-state index is 11.6. The van der Waals surface area contributed by atoms with Crippen LogP contribution < -0.4 is 0 Å². The van der Waals surface area contributed by atoms with E-state index in [-0.39, 0.29) is 5.91 Å². The number of rotatable bonds is 1. The van der Waals surface area contributed by atoms with Gasteiger partial charge in [-0.15, -0.1) is 11.3 Å². The molecule has 0 unspecified atom stereocenters. The van der Waals surface area contributed by atoms with Gasteiger partial charge < -0.3 is 10.0 Å². The minimum atomic E-state index is -0.694. The molecule has 1 aromatic heterocycles. The molecule has 0 aromatic carbocycles. The zero-order chi connectivity index (χ0) is 9.47. The number of aromatic nitrogens is 1. The smallest absolute Gasteiger partial charge is 0.265 e. The number of nitrogens with zero attached hydrogens (tertiary/aromatic N) is 2. The zero-order valence-corrected chi connectivity index (χ0v) is 8.04. The quantitative estimate of drug-likeness (QED) is 0.708. The SMILES string of the molecule is CC1(O)CN(C(=O)c2cncs2)C1. The van der Waals surface area contributed by atoms with E-state index in [1.54, 1.807) is 23.5 Å². The first-order valence-corrected chi connectivity index (χ1v) is 4.87. The topological polar surface area (TPSA) is 53.4 Å². The van der Waals surface area contributed by atoms with Gasteiger partial charge in [0.05, 0.1) is 30.4 Å². The third-order valence-corrected chi connectivity index (χ3v) is 2.75. The van der Waals surface area contributed by atoms with Gasteiger partial charge in [0.25, 0.3) is 5.91 Å². The fourth-order valence-corrected chi connectivity index (χ4v) is 1.98. The molecule has 2 heterocycles. The second-order valence-corrected chi connectivity index (χ2v) is 4.41. The van der Waals surface area contributed by atoms with E-state index < -0.39 is 5.60 Å². The van der Waals surface area contributed by atoms with Gasteiger partial charge in [-0.25, -0.2) is 0 Å². The van der Waals surface area contributed by atoms with Crippen LogP contribution in [-0.4, -0.2) is 39.6 Å². The maximum Gasteiger partial charge on any atom is 0.265 e. The van der Waals surface area contributed by atoms with Crippen LogP contribution in [0.25, 0.3) is 0 Å². The van der Waals surface area contributed by atoms with Crippen molar-refractivity contribution in [2.24, 2.45) is 0 Å². The molecule has 13 heavy (non-hydrogen) atoms. The zero-order valence-electron chi connectivity index (χ0n) is 7.23. The molecule has 0 atom stereocenters. The van der Waals surface area contributed by atoms with Gasteiger partial charge in [-0.05, 0) is 6.92 Å². The van der Waals surface area contributed by atoms with Gasteiger partial charge in [-0.2, -0.15) is 0 Å². The number of amides is 1. The number of hydrogen-bond acceptors (Lipinski definition) is 4. The molecule has 5 heteroatoms. The fourth-order valence-electron chi connectivity index (χ4n) is 1.40. The highest BCUT2D eigenvalue weighted by molar-refractivity contribution is 7.11. The molecule has 1 aliphatic heterocycles. The number of carbonyl (C=O) groups excluding carboxylic acids is 1. The van der Waals surface area contributed by atoms with Crippen molar-refractivity contribution in [2.45, 2.75) is 12.5 Å². The molecule has 1 aromatic rings. The molecule has 0 saturated carbocycles. The van der Waals surface area contributed by atoms with Crippen LogP contribution in [0.2, 0.25) is 0 Å². The molecule has 1 fully saturated rings. The highest BCUT2D eigenvalue weighted by Gasteiger charge is 2.39. The lowest BCUT2D eigenvalue weighted by molar-refractivity contribution is -0.0667. The van der Waals surface area contributed by atoms with Gasteiger partial charge in [0.1, 0.15) is 4.88 Å². The minimum absolute atomic E-state index is 0.0333. The van der Waals surface area contributed by atoms with Crippen molar-refractivity contribution in [1.29, 1.82) is 0 Å². The van der Waals surface area contributed by atoms with Crippen LogP contribution in [0.1, 0.15) is 16.6 Å². The molecule has 0 aliphatic carbocycles. The van der Waals surface area contributed by atoms with Gasteiger partial charge in [0.2, 0.25) is 0 Å². The van der Waals surface area contributed by atoms with E-state index in [1.165, 1.54) is 11.3 Å². The van der Waals surface area contributed by atoms with Gasteiger partial charge >= 0.3 is 0 Å². The Kier molecular flexibility index (Phi) is 1.85. The van der Waals surface area contributed by atoms with Crippen molar-refractivity contribution >= 4 is 17.2 Å². The lowest BCUT2D eigenvalue weighted by Gasteiger charge is -2.43. The molecular weight excluding hydrogens is 188 g/mol. The number of carbonyl (C=O) groups is 1. The van der Waals surface area contributed by atoms with Crippen LogP contribution in [0.4, 0.5) is 0 Å². The molecular formula is C8H10N2O2S. The Labute approximate surface area is 79.8 Å². The van der Waals surface area contributed by atoms with E-state index >= 15 is 0 Å². The summed E-state index contributed by atoms with van der Waals surface area (Å²) >= 11 is 1.32. The van der Waals surface area contributed by atoms with E-state index in [9.17, 15) is 9.90 Å². The summed E-state index contributed by atoms with van der Waals surface area (Å²) in [5.41, 5.74) is 0.936. The van der Waals surface area contributed by atoms with Crippen molar-refractivity contribution in [3.63, 3.8) is 0 Å². The van der Waals surface area contributed by atoms with E-state index in [2.05, 4.69) is 4.98 Å². The Morgan fingerprint density at radius 1 is 1.77 bits per heavy atom. The Morgan fingerprint density at radius 3 is 2.92 bits per heavy atom. The van der Waals surface area contributed by atoms with Crippen molar-refractivity contribution in [3.05, 3.63) is 16.6 Å². The Balaban J connectivity index is 2.02. The first-order valence-electron chi connectivity index (χ1n) is 3.99. The van der Waals surface area contributed by atoms with Gasteiger partial charge in [0, 0.05) is 0 Å². The normalized spacial score (nSPS) is 19.7. The summed E-state index contributed by atoms with van der Waals surface area (Å²) in [6, 6.07) is 0. The van der Waals surface area contributed by atoms with Gasteiger partial charge in [0.15, 0.2) is 0 Å². The average Bonchev–Trinajstić information content (AvgIpc) is 2.50. The molecule has 70 valence electrons. The van der Waals surface area contributed by atoms with E-state index in [4.69, 9.17) is 0 Å². The Morgan fingerprint density at radius 2 is 2.46 bits per heavy atom. The fraction of sp³-hybridized carbons (Fsp3) is 0.500. The van der Waals surface area contributed by atoms with Crippen molar-refractivity contribution < 1.29 is 9.90 Å². The number of likely N-dealkylation sites (tertiary alicyclic amines) is 1. The highest BCUT2D eigenvalue weighted by atomic mass is 32.1. The number of aliphatic hydroxyl groups is 1. The third kappa shape index (κ3) is 1.57. The molecule has 0 spiro atoms. The van der Waals surface area contributed by atoms with Crippen molar-refractivity contribution in [1.82, 2.24) is 9.88 Å². The van der Waals surface area contributed by atoms with Crippen LogP contribution in [0.5, 0.6) is 0 Å². The standard InChI is InChI=1S/C8H10N2O2S/c1-8(12)3-10(4-8)7(11)6-2-9-5-13-6/h2,5,12H,3-4H2,1H3. The van der Waals surface area contributed by atoms with Crippen LogP contribution in [-0.2, 0) is 0 Å². The predicted molar refractivity (Wildman–Crippen MR) is 48.6 cm³/mol. The molecule has 0 radical (unpaired) electrons. The van der Waals surface area contributed by atoms with Gasteiger partial charge in [-0.3, -0.25) is 9.78 Å². The first-order chi connectivity index (χ1) is 6.08. The molecule has 1 N–H and O–H groups in total. The molecule has 4 nitrogen and oxygen atoms in total. The van der Waals surface area contributed by atoms with Crippen LogP contribution in [0.3, 0.4) is 0 Å². The number of hydrogen-bond donors (Lipinski definition) is 1. The summed E-state index contributed by atoms with van der Waals surface area (Å²) < 4.78 is 0.